The zero-order valence-electron chi connectivity index (χ0n) is 10.0. The molecule has 4 atom stereocenters. The third-order valence-electron chi connectivity index (χ3n) is 4.66. The van der Waals surface area contributed by atoms with Gasteiger partial charge in [-0.15, -0.1) is 0 Å². The number of aliphatic carboxylic acids is 1. The van der Waals surface area contributed by atoms with Crippen molar-refractivity contribution < 1.29 is 35.8 Å². The summed E-state index contributed by atoms with van der Waals surface area (Å²) in [5.74, 6) is -0.140. The summed E-state index contributed by atoms with van der Waals surface area (Å²) in [4.78, 5) is 10.8. The zero-order valence-corrected chi connectivity index (χ0v) is 12.2. The van der Waals surface area contributed by atoms with Crippen LogP contribution >= 0.6 is 0 Å². The fourth-order valence-electron chi connectivity index (χ4n) is 3.22. The molecule has 3 saturated heterocycles. The molecule has 98 valence electrons. The number of carbonyl (C=O) groups is 1. The topological polar surface area (TPSA) is 46.5 Å². The van der Waals surface area contributed by atoms with Gasteiger partial charge in [0.1, 0.15) is 0 Å². The van der Waals surface area contributed by atoms with Gasteiger partial charge in [0, 0.05) is 0 Å². The molecule has 2 bridgehead atoms. The van der Waals surface area contributed by atoms with Gasteiger partial charge in [-0.2, -0.15) is 0 Å². The van der Waals surface area contributed by atoms with Crippen LogP contribution < -0.4 is 21.2 Å². The molecule has 3 heterocycles. The Labute approximate surface area is 113 Å². The molecule has 4 unspecified atom stereocenters. The Bertz CT molecular complexity index is 304. The number of alkyl halides is 2. The van der Waals surface area contributed by atoms with Crippen molar-refractivity contribution in [3.05, 3.63) is 0 Å². The van der Waals surface area contributed by atoms with Gasteiger partial charge in [0.2, 0.25) is 0 Å². The molecular weight excluding hydrogens is 331 g/mol. The molecule has 4 aliphatic rings. The number of hydrogen-bond acceptors (Lipinski definition) is 2. The summed E-state index contributed by atoms with van der Waals surface area (Å²) in [6.45, 7) is 0.960. The number of rotatable bonds is 4. The molecule has 0 amide bonds. The van der Waals surface area contributed by atoms with E-state index in [0.29, 0.717) is 15.4 Å². The maximum absolute atomic E-state index is 10.8. The van der Waals surface area contributed by atoms with Crippen LogP contribution in [0.15, 0.2) is 0 Å². The second-order valence-electron chi connectivity index (χ2n) is 5.83. The van der Waals surface area contributed by atoms with Crippen LogP contribution in [0.4, 0.5) is 0 Å². The van der Waals surface area contributed by atoms with Crippen LogP contribution in [0.25, 0.3) is 0 Å². The van der Waals surface area contributed by atoms with Crippen LogP contribution in [0.3, 0.4) is 0 Å². The summed E-state index contributed by atoms with van der Waals surface area (Å²) < 4.78 is 8.01. The first kappa shape index (κ1) is 12.2. The van der Waals surface area contributed by atoms with E-state index in [0.717, 1.165) is 19.4 Å². The maximum atomic E-state index is 10.8. The first-order valence-electron chi connectivity index (χ1n) is 6.61. The van der Waals surface area contributed by atoms with Crippen molar-refractivity contribution in [2.75, 3.05) is 11.0 Å². The number of carboxylic acid groups (broad SMARTS) is 1. The van der Waals surface area contributed by atoms with E-state index in [9.17, 15) is 4.79 Å². The van der Waals surface area contributed by atoms with Crippen LogP contribution in [0.2, 0.25) is 0 Å². The Morgan fingerprint density at radius 2 is 2.35 bits per heavy atom. The van der Waals surface area contributed by atoms with Crippen LogP contribution in [-0.2, 0) is 9.53 Å². The number of carboxylic acids is 1. The van der Waals surface area contributed by atoms with Crippen molar-refractivity contribution in [2.24, 2.45) is 17.3 Å². The van der Waals surface area contributed by atoms with Gasteiger partial charge in [0.15, 0.2) is 0 Å². The van der Waals surface area contributed by atoms with E-state index in [1.54, 1.807) is 0 Å². The summed E-state index contributed by atoms with van der Waals surface area (Å²) in [5, 5.41) is 8.91. The second-order valence-corrected chi connectivity index (χ2v) is 9.18. The van der Waals surface area contributed by atoms with Crippen LogP contribution in [-0.4, -0.2) is 26.2 Å². The Morgan fingerprint density at radius 1 is 1.47 bits per heavy atom. The van der Waals surface area contributed by atoms with Crippen molar-refractivity contribution in [1.82, 2.24) is 0 Å². The normalized spacial score (nSPS) is 44.8. The zero-order chi connectivity index (χ0) is 11.9. The molecule has 3 nitrogen and oxygen atoms in total. The Kier molecular flexibility index (Phi) is 3.36. The fourth-order valence-corrected chi connectivity index (χ4v) is 6.56. The van der Waals surface area contributed by atoms with Gasteiger partial charge in [-0.05, 0) is 0 Å². The second kappa shape index (κ2) is 4.68. The van der Waals surface area contributed by atoms with Crippen LogP contribution in [0, 0.1) is 17.3 Å². The average molecular weight is 351 g/mol. The molecule has 0 aromatic heterocycles. The van der Waals surface area contributed by atoms with E-state index in [4.69, 9.17) is 9.84 Å². The first-order chi connectivity index (χ1) is 8.19. The van der Waals surface area contributed by atoms with Gasteiger partial charge in [0.25, 0.3) is 0 Å². The molecule has 0 spiro atoms. The van der Waals surface area contributed by atoms with Gasteiger partial charge in [-0.3, -0.25) is 0 Å². The summed E-state index contributed by atoms with van der Waals surface area (Å²) in [7, 11) is 0. The van der Waals surface area contributed by atoms with Crippen molar-refractivity contribution in [3.8, 4) is 0 Å². The van der Waals surface area contributed by atoms with E-state index in [2.05, 4.69) is 0 Å². The van der Waals surface area contributed by atoms with Crippen molar-refractivity contribution in [3.63, 3.8) is 0 Å². The molecule has 17 heavy (non-hydrogen) atoms. The molecule has 4 heteroatoms. The van der Waals surface area contributed by atoms with Gasteiger partial charge in [-0.25, -0.2) is 0 Å². The van der Waals surface area contributed by atoms with E-state index in [-0.39, 0.29) is 27.1 Å². The molecule has 1 saturated carbocycles. The van der Waals surface area contributed by atoms with Crippen molar-refractivity contribution >= 4 is 5.97 Å². The molecule has 3 aliphatic heterocycles. The minimum absolute atomic E-state index is 0.0261. The first-order valence-corrected chi connectivity index (χ1v) is 9.38. The minimum atomic E-state index is -0.584. The Balaban J connectivity index is 1.52. The predicted octanol–water partition coefficient (Wildman–Crippen LogP) is -0.897. The van der Waals surface area contributed by atoms with Crippen LogP contribution in [0.5, 0.6) is 0 Å². The standard InChI is InChI=1S/C13H20IO3/c15-12(16)10-7-9(10)1-3-13-4-2-11(17-8-13)14-6-5-13/h9-11H,1-8H2,(H,15,16)/q-1. The summed E-state index contributed by atoms with van der Waals surface area (Å²) in [5.41, 5.74) is 0.429. The number of ether oxygens (including phenoxy) is 1. The van der Waals surface area contributed by atoms with Crippen LogP contribution in [0.1, 0.15) is 38.5 Å². The molecule has 1 N–H and O–H groups in total. The van der Waals surface area contributed by atoms with E-state index in [1.807, 2.05) is 0 Å². The summed E-state index contributed by atoms with van der Waals surface area (Å²) in [6.07, 6.45) is 7.20. The quantitative estimate of drug-likeness (QED) is 0.528. The van der Waals surface area contributed by atoms with Gasteiger partial charge < -0.3 is 0 Å². The SMILES string of the molecule is O=C(O)C1CC1CCC12CC[I-]C(CC1)OC2. The van der Waals surface area contributed by atoms with Gasteiger partial charge in [-0.1, -0.05) is 0 Å². The Hall–Kier alpha value is 0.160. The Morgan fingerprint density at radius 3 is 3.00 bits per heavy atom. The molecule has 1 aliphatic carbocycles. The molecule has 0 aromatic rings. The van der Waals surface area contributed by atoms with Gasteiger partial charge in [0.05, 0.1) is 0 Å². The number of fused-ring (bicyclic) bond motifs is 4. The summed E-state index contributed by atoms with van der Waals surface area (Å²) in [6, 6.07) is 0. The summed E-state index contributed by atoms with van der Waals surface area (Å²) >= 11 is 0.283. The molecule has 0 aromatic carbocycles. The monoisotopic (exact) mass is 351 g/mol. The van der Waals surface area contributed by atoms with E-state index >= 15 is 0 Å². The predicted molar refractivity (Wildman–Crippen MR) is 59.4 cm³/mol. The number of halogens is 1. The third kappa shape index (κ3) is 2.62. The van der Waals surface area contributed by atoms with E-state index in [1.165, 1.54) is 30.1 Å². The molecule has 4 rings (SSSR count). The van der Waals surface area contributed by atoms with Crippen molar-refractivity contribution in [1.29, 1.82) is 0 Å². The molecular formula is C13H20IO3-. The fraction of sp³-hybridized carbons (Fsp3) is 0.923. The van der Waals surface area contributed by atoms with Crippen molar-refractivity contribution in [2.45, 2.75) is 42.6 Å². The molecule has 0 radical (unpaired) electrons. The third-order valence-corrected chi connectivity index (χ3v) is 7.79. The van der Waals surface area contributed by atoms with E-state index < -0.39 is 5.97 Å². The number of hydrogen-bond donors (Lipinski definition) is 1. The molecule has 4 fully saturated rings. The average Bonchev–Trinajstić information content (AvgIpc) is 3.12. The van der Waals surface area contributed by atoms with Gasteiger partial charge >= 0.3 is 113 Å².